The minimum atomic E-state index is -0.433. The highest BCUT2D eigenvalue weighted by Crippen LogP contribution is 2.44. The molecule has 0 saturated heterocycles. The van der Waals surface area contributed by atoms with Gasteiger partial charge in [-0.15, -0.1) is 0 Å². The van der Waals surface area contributed by atoms with Crippen molar-refractivity contribution in [1.82, 2.24) is 10.2 Å². The number of fused-ring (bicyclic) bond motifs is 1. The van der Waals surface area contributed by atoms with E-state index in [-0.39, 0.29) is 18.9 Å². The second-order valence-electron chi connectivity index (χ2n) is 8.19. The zero-order valence-corrected chi connectivity index (χ0v) is 20.7. The van der Waals surface area contributed by atoms with Gasteiger partial charge >= 0.3 is 5.97 Å². The number of benzene rings is 2. The Kier molecular flexibility index (Phi) is 8.39. The molecule has 0 aliphatic carbocycles. The molecule has 0 radical (unpaired) electrons. The van der Waals surface area contributed by atoms with Gasteiger partial charge in [0.25, 0.3) is 0 Å². The number of amidine groups is 1. The summed E-state index contributed by atoms with van der Waals surface area (Å²) in [5.74, 6) is -0.504. The summed E-state index contributed by atoms with van der Waals surface area (Å²) in [6.45, 7) is 2.85. The molecule has 4 rings (SSSR count). The summed E-state index contributed by atoms with van der Waals surface area (Å²) in [6.07, 6.45) is 0.956. The largest absolute Gasteiger partial charge is 0.460 e. The molecule has 2 aromatic carbocycles. The number of nitrogens with zero attached hydrogens (tertiary/aromatic N) is 2. The molecule has 7 nitrogen and oxygen atoms in total. The van der Waals surface area contributed by atoms with E-state index in [0.29, 0.717) is 24.4 Å². The highest BCUT2D eigenvalue weighted by atomic mass is 32.2. The molecule has 1 N–H and O–H groups in total. The van der Waals surface area contributed by atoms with Gasteiger partial charge in [0.1, 0.15) is 6.61 Å². The smallest absolute Gasteiger partial charge is 0.338 e. The van der Waals surface area contributed by atoms with Crippen molar-refractivity contribution < 1.29 is 19.1 Å². The number of allylic oxidation sites excluding steroid dienone is 1. The lowest BCUT2D eigenvalue weighted by atomic mass is 9.94. The van der Waals surface area contributed by atoms with Gasteiger partial charge in [0, 0.05) is 19.4 Å². The third-order valence-electron chi connectivity index (χ3n) is 5.78. The van der Waals surface area contributed by atoms with E-state index in [9.17, 15) is 9.59 Å². The number of hydrogen-bond acceptors (Lipinski definition) is 7. The third-order valence-corrected chi connectivity index (χ3v) is 6.67. The van der Waals surface area contributed by atoms with Crippen LogP contribution in [0.4, 0.5) is 0 Å². The Morgan fingerprint density at radius 1 is 1.06 bits per heavy atom. The van der Waals surface area contributed by atoms with Gasteiger partial charge in [0.05, 0.1) is 30.3 Å². The Morgan fingerprint density at radius 3 is 2.49 bits per heavy atom. The average Bonchev–Trinajstić information content (AvgIpc) is 3.26. The first kappa shape index (κ1) is 24.8. The molecule has 1 atom stereocenters. The Labute approximate surface area is 209 Å². The maximum atomic E-state index is 13.1. The van der Waals surface area contributed by atoms with Crippen LogP contribution in [0.15, 0.2) is 88.0 Å². The highest BCUT2D eigenvalue weighted by molar-refractivity contribution is 8.16. The SMILES string of the molecule is COCCOC(=O)C1=C(C)N=C2SC=C(CC(=O)NCCc3ccccc3)N2[C@H]1c1ccccc1. The summed E-state index contributed by atoms with van der Waals surface area (Å²) in [6, 6.07) is 19.4. The molecular formula is C27H29N3O4S. The van der Waals surface area contributed by atoms with Gasteiger partial charge in [0.2, 0.25) is 5.91 Å². The number of aliphatic imine (C=N–C) groups is 1. The monoisotopic (exact) mass is 491 g/mol. The molecule has 1 amide bonds. The van der Waals surface area contributed by atoms with Crippen molar-refractivity contribution in [2.45, 2.75) is 25.8 Å². The molecule has 182 valence electrons. The fraction of sp³-hybridized carbons (Fsp3) is 0.296. The summed E-state index contributed by atoms with van der Waals surface area (Å²) >= 11 is 1.46. The molecule has 2 aliphatic heterocycles. The predicted molar refractivity (Wildman–Crippen MR) is 137 cm³/mol. The van der Waals surface area contributed by atoms with Crippen LogP contribution in [0.5, 0.6) is 0 Å². The zero-order valence-electron chi connectivity index (χ0n) is 19.9. The van der Waals surface area contributed by atoms with Crippen molar-refractivity contribution in [3.05, 3.63) is 94.2 Å². The van der Waals surface area contributed by atoms with E-state index >= 15 is 0 Å². The Hall–Kier alpha value is -3.36. The van der Waals surface area contributed by atoms with Gasteiger partial charge in [-0.25, -0.2) is 9.79 Å². The number of thioether (sulfide) groups is 1. The van der Waals surface area contributed by atoms with Crippen LogP contribution in [0.3, 0.4) is 0 Å². The first-order valence-electron chi connectivity index (χ1n) is 11.5. The van der Waals surface area contributed by atoms with Crippen molar-refractivity contribution in [1.29, 1.82) is 0 Å². The quantitative estimate of drug-likeness (QED) is 0.396. The van der Waals surface area contributed by atoms with Gasteiger partial charge in [-0.1, -0.05) is 72.4 Å². The standard InChI is InChI=1S/C27H29N3O4S/c1-19-24(26(32)34-16-15-33-2)25(21-11-7-4-8-12-21)30-22(18-35-27(30)29-19)17-23(31)28-14-13-20-9-5-3-6-10-20/h3-12,18,25H,13-17H2,1-2H3,(H,28,31)/t25-/m0/s1. The lowest BCUT2D eigenvalue weighted by molar-refractivity contribution is -0.141. The molecule has 0 fully saturated rings. The zero-order chi connectivity index (χ0) is 24.6. The summed E-state index contributed by atoms with van der Waals surface area (Å²) in [4.78, 5) is 32.6. The van der Waals surface area contributed by atoms with E-state index in [4.69, 9.17) is 9.47 Å². The Morgan fingerprint density at radius 2 is 1.77 bits per heavy atom. The molecule has 2 aliphatic rings. The molecule has 0 bridgehead atoms. The van der Waals surface area contributed by atoms with Crippen LogP contribution in [-0.4, -0.2) is 48.8 Å². The summed E-state index contributed by atoms with van der Waals surface area (Å²) < 4.78 is 10.5. The second-order valence-corrected chi connectivity index (χ2v) is 9.03. The number of carbonyl (C=O) groups excluding carboxylic acids is 2. The molecule has 2 aromatic rings. The first-order chi connectivity index (χ1) is 17.1. The topological polar surface area (TPSA) is 80.2 Å². The number of nitrogens with one attached hydrogen (secondary N) is 1. The molecule has 2 heterocycles. The van der Waals surface area contributed by atoms with Crippen molar-refractivity contribution in [2.24, 2.45) is 4.99 Å². The first-order valence-corrected chi connectivity index (χ1v) is 12.4. The Balaban J connectivity index is 1.51. The number of esters is 1. The van der Waals surface area contributed by atoms with Gasteiger partial charge in [-0.2, -0.15) is 0 Å². The average molecular weight is 492 g/mol. The minimum absolute atomic E-state index is 0.0728. The summed E-state index contributed by atoms with van der Waals surface area (Å²) in [7, 11) is 1.56. The number of rotatable bonds is 10. The second kappa shape index (κ2) is 11.9. The van der Waals surface area contributed by atoms with Gasteiger partial charge in [-0.05, 0) is 29.9 Å². The molecule has 0 saturated carbocycles. The van der Waals surface area contributed by atoms with Gasteiger partial charge in [0.15, 0.2) is 5.17 Å². The van der Waals surface area contributed by atoms with Gasteiger partial charge < -0.3 is 19.7 Å². The van der Waals surface area contributed by atoms with Crippen molar-refractivity contribution >= 4 is 28.8 Å². The van der Waals surface area contributed by atoms with E-state index < -0.39 is 12.0 Å². The van der Waals surface area contributed by atoms with E-state index in [1.165, 1.54) is 17.3 Å². The van der Waals surface area contributed by atoms with Crippen LogP contribution >= 0.6 is 11.8 Å². The fourth-order valence-corrected chi connectivity index (χ4v) is 5.06. The van der Waals surface area contributed by atoms with E-state index in [1.54, 1.807) is 7.11 Å². The van der Waals surface area contributed by atoms with Crippen LogP contribution in [0.25, 0.3) is 0 Å². The third kappa shape index (κ3) is 6.01. The number of hydrogen-bond donors (Lipinski definition) is 1. The molecule has 0 spiro atoms. The van der Waals surface area contributed by atoms with Crippen LogP contribution in [-0.2, 0) is 25.5 Å². The summed E-state index contributed by atoms with van der Waals surface area (Å²) in [5, 5.41) is 5.70. The van der Waals surface area contributed by atoms with Crippen LogP contribution in [0.1, 0.15) is 30.5 Å². The summed E-state index contributed by atoms with van der Waals surface area (Å²) in [5.41, 5.74) is 3.98. The van der Waals surface area contributed by atoms with Gasteiger partial charge in [-0.3, -0.25) is 4.79 Å². The van der Waals surface area contributed by atoms with E-state index in [1.807, 2.05) is 77.9 Å². The molecular weight excluding hydrogens is 462 g/mol. The maximum Gasteiger partial charge on any atom is 0.338 e. The van der Waals surface area contributed by atoms with Crippen molar-refractivity contribution in [2.75, 3.05) is 26.9 Å². The number of amides is 1. The normalized spacial score (nSPS) is 17.0. The van der Waals surface area contributed by atoms with Crippen molar-refractivity contribution in [3.8, 4) is 0 Å². The Bertz CT molecular complexity index is 1150. The number of methoxy groups -OCH3 is 1. The predicted octanol–water partition coefficient (Wildman–Crippen LogP) is 4.20. The fourth-order valence-electron chi connectivity index (χ4n) is 4.09. The molecule has 35 heavy (non-hydrogen) atoms. The highest BCUT2D eigenvalue weighted by Gasteiger charge is 2.41. The van der Waals surface area contributed by atoms with E-state index in [2.05, 4.69) is 10.3 Å². The minimum Gasteiger partial charge on any atom is -0.460 e. The van der Waals surface area contributed by atoms with Crippen molar-refractivity contribution in [3.63, 3.8) is 0 Å². The lowest BCUT2D eigenvalue weighted by Gasteiger charge is -2.36. The van der Waals surface area contributed by atoms with Crippen LogP contribution < -0.4 is 5.32 Å². The lowest BCUT2D eigenvalue weighted by Crippen LogP contribution is -2.38. The molecule has 0 aromatic heterocycles. The van der Waals surface area contributed by atoms with E-state index in [0.717, 1.165) is 22.8 Å². The van der Waals surface area contributed by atoms with Crippen LogP contribution in [0, 0.1) is 0 Å². The molecule has 8 heteroatoms. The molecule has 0 unspecified atom stereocenters. The number of ether oxygens (including phenoxy) is 2. The number of carbonyl (C=O) groups is 2. The van der Waals surface area contributed by atoms with Crippen LogP contribution in [0.2, 0.25) is 0 Å². The maximum absolute atomic E-state index is 13.1.